The number of anilines is 1. The number of hydrogen-bond donors (Lipinski definition) is 0. The van der Waals surface area contributed by atoms with Crippen LogP contribution in [-0.2, 0) is 4.79 Å². The second kappa shape index (κ2) is 13.9. The molecule has 14 heteroatoms. The van der Waals surface area contributed by atoms with Crippen LogP contribution in [0.4, 0.5) is 23.4 Å². The Labute approximate surface area is 308 Å². The van der Waals surface area contributed by atoms with Gasteiger partial charge in [0.05, 0.1) is 34.4 Å². The lowest BCUT2D eigenvalue weighted by molar-refractivity contribution is -0.129. The molecule has 0 radical (unpaired) electrons. The van der Waals surface area contributed by atoms with Crippen molar-refractivity contribution in [3.63, 3.8) is 0 Å². The van der Waals surface area contributed by atoms with Gasteiger partial charge in [-0.1, -0.05) is 30.2 Å². The van der Waals surface area contributed by atoms with Gasteiger partial charge in [-0.3, -0.25) is 24.6 Å². The van der Waals surface area contributed by atoms with Crippen LogP contribution in [0.3, 0.4) is 0 Å². The van der Waals surface area contributed by atoms with Crippen LogP contribution in [0.5, 0.6) is 6.01 Å². The maximum atomic E-state index is 17.0. The van der Waals surface area contributed by atoms with Gasteiger partial charge in [-0.05, 0) is 44.2 Å². The Morgan fingerprint density at radius 2 is 2.00 bits per heavy atom. The minimum absolute atomic E-state index is 0.0167. The standard InChI is InChI=1S/C40H36F4N8O2/c1-4-27-30(42)10-9-24-7-5-8-28(33(24)27)35-34(44)36-29(20-47-35)37(49-39(48-36)54-22-40-12-6-15-51(40)21-25(41)18-40)50(3)32-11-16-52(23(32)2)38(53)31(43)17-26-19-45-13-14-46-26/h1,5,7-10,13-14,17,19-20,23,25,32H,6,11-12,15-16,18,21-22H2,2-3H3/b31-17-/t23-,25-,32-,40+/m1/s1. The Bertz CT molecular complexity index is 2350. The molecule has 0 saturated carbocycles. The van der Waals surface area contributed by atoms with Crippen LogP contribution in [-0.4, -0.2) is 97.7 Å². The first kappa shape index (κ1) is 35.4. The molecule has 3 aliphatic heterocycles. The van der Waals surface area contributed by atoms with Gasteiger partial charge in [0.15, 0.2) is 11.6 Å². The summed E-state index contributed by atoms with van der Waals surface area (Å²) < 4.78 is 68.0. The largest absolute Gasteiger partial charge is 0.461 e. The molecule has 3 aromatic heterocycles. The van der Waals surface area contributed by atoms with Gasteiger partial charge in [-0.2, -0.15) is 9.97 Å². The van der Waals surface area contributed by atoms with Gasteiger partial charge in [-0.15, -0.1) is 6.42 Å². The summed E-state index contributed by atoms with van der Waals surface area (Å²) in [5, 5.41) is 1.20. The summed E-state index contributed by atoms with van der Waals surface area (Å²) in [5.74, 6) is -0.511. The van der Waals surface area contributed by atoms with E-state index < -0.39 is 41.1 Å². The van der Waals surface area contributed by atoms with Crippen LogP contribution >= 0.6 is 0 Å². The number of pyridine rings is 1. The summed E-state index contributed by atoms with van der Waals surface area (Å²) in [6.45, 7) is 3.25. The second-order valence-corrected chi connectivity index (χ2v) is 14.2. The van der Waals surface area contributed by atoms with Crippen molar-refractivity contribution in [2.24, 2.45) is 0 Å². The molecule has 8 rings (SSSR count). The minimum Gasteiger partial charge on any atom is -0.461 e. The van der Waals surface area contributed by atoms with E-state index in [1.54, 1.807) is 36.2 Å². The van der Waals surface area contributed by atoms with Crippen LogP contribution in [0.1, 0.15) is 43.9 Å². The summed E-state index contributed by atoms with van der Waals surface area (Å²) in [7, 11) is 1.76. The zero-order valence-electron chi connectivity index (χ0n) is 29.6. The molecule has 0 bridgehead atoms. The van der Waals surface area contributed by atoms with Crippen molar-refractivity contribution in [2.45, 2.75) is 56.4 Å². The number of amides is 1. The number of rotatable bonds is 8. The number of carbonyl (C=O) groups is 1. The second-order valence-electron chi connectivity index (χ2n) is 14.2. The number of ether oxygens (including phenoxy) is 1. The third-order valence-corrected chi connectivity index (χ3v) is 11.1. The van der Waals surface area contributed by atoms with Crippen LogP contribution in [0.15, 0.2) is 60.9 Å². The highest BCUT2D eigenvalue weighted by Gasteiger charge is 2.49. The van der Waals surface area contributed by atoms with Crippen molar-refractivity contribution in [3.8, 4) is 29.6 Å². The molecule has 1 amide bonds. The summed E-state index contributed by atoms with van der Waals surface area (Å²) in [6.07, 6.45) is 13.9. The first-order valence-corrected chi connectivity index (χ1v) is 17.8. The van der Waals surface area contributed by atoms with Crippen LogP contribution < -0.4 is 9.64 Å². The van der Waals surface area contributed by atoms with Crippen molar-refractivity contribution in [1.29, 1.82) is 0 Å². The topological polar surface area (TPSA) is 100 Å². The SMILES string of the molecule is C#Cc1c(F)ccc2cccc(-c3ncc4c(N(C)[C@@H]5CCN(C(=O)/C(F)=C/c6cnccn6)[C@@H]5C)nc(OC[C@@]56CCCN5C[C@H](F)C6)nc4c3F)c12. The predicted octanol–water partition coefficient (Wildman–Crippen LogP) is 6.29. The van der Waals surface area contributed by atoms with Gasteiger partial charge < -0.3 is 14.5 Å². The molecule has 0 N–H and O–H groups in total. The average Bonchev–Trinajstić information content (AvgIpc) is 3.85. The molecule has 3 aliphatic rings. The number of hydrogen-bond acceptors (Lipinski definition) is 9. The van der Waals surface area contributed by atoms with E-state index in [4.69, 9.17) is 16.1 Å². The number of nitrogens with zero attached hydrogens (tertiary/aromatic N) is 8. The Balaban J connectivity index is 1.19. The highest BCUT2D eigenvalue weighted by molar-refractivity contribution is 6.02. The minimum atomic E-state index is -0.979. The highest BCUT2D eigenvalue weighted by atomic mass is 19.1. The van der Waals surface area contributed by atoms with Crippen molar-refractivity contribution in [2.75, 3.05) is 38.2 Å². The summed E-state index contributed by atoms with van der Waals surface area (Å²) in [4.78, 5) is 40.4. The molecule has 0 unspecified atom stereocenters. The molecule has 0 aliphatic carbocycles. The number of fused-ring (bicyclic) bond motifs is 3. The highest BCUT2D eigenvalue weighted by Crippen LogP contribution is 2.41. The Hall–Kier alpha value is -5.68. The fourth-order valence-electron chi connectivity index (χ4n) is 8.48. The molecular weight excluding hydrogens is 700 g/mol. The lowest BCUT2D eigenvalue weighted by Crippen LogP contribution is -2.44. The third kappa shape index (κ3) is 6.06. The predicted molar refractivity (Wildman–Crippen MR) is 196 cm³/mol. The number of benzene rings is 2. The third-order valence-electron chi connectivity index (χ3n) is 11.1. The quantitative estimate of drug-likeness (QED) is 0.104. The van der Waals surface area contributed by atoms with Crippen molar-refractivity contribution < 1.29 is 27.1 Å². The van der Waals surface area contributed by atoms with Gasteiger partial charge in [0.1, 0.15) is 35.6 Å². The Kier molecular flexibility index (Phi) is 9.13. The van der Waals surface area contributed by atoms with Gasteiger partial charge in [0.2, 0.25) is 0 Å². The molecule has 0 spiro atoms. The summed E-state index contributed by atoms with van der Waals surface area (Å²) >= 11 is 0. The van der Waals surface area contributed by atoms with E-state index in [1.807, 2.05) is 6.92 Å². The van der Waals surface area contributed by atoms with Crippen LogP contribution in [0, 0.1) is 24.0 Å². The monoisotopic (exact) mass is 736 g/mol. The molecule has 54 heavy (non-hydrogen) atoms. The molecule has 6 heterocycles. The molecular formula is C40H36F4N8O2. The zero-order valence-corrected chi connectivity index (χ0v) is 29.6. The fraction of sp³-hybridized carbons (Fsp3) is 0.350. The number of terminal acetylenes is 1. The molecule has 10 nitrogen and oxygen atoms in total. The molecule has 3 saturated heterocycles. The van der Waals surface area contributed by atoms with Gasteiger partial charge >= 0.3 is 6.01 Å². The molecule has 5 aromatic rings. The first-order valence-electron chi connectivity index (χ1n) is 17.8. The number of alkyl halides is 1. The fourth-order valence-corrected chi connectivity index (χ4v) is 8.48. The number of halogens is 4. The molecule has 4 atom stereocenters. The normalized spacial score (nSPS) is 22.9. The van der Waals surface area contributed by atoms with E-state index >= 15 is 8.78 Å². The van der Waals surface area contributed by atoms with Crippen molar-refractivity contribution in [1.82, 2.24) is 34.7 Å². The number of likely N-dealkylation sites (N-methyl/N-ethyl adjacent to an activating group) is 1. The molecule has 276 valence electrons. The van der Waals surface area contributed by atoms with Gasteiger partial charge in [0.25, 0.3) is 5.91 Å². The maximum absolute atomic E-state index is 17.0. The summed E-state index contributed by atoms with van der Waals surface area (Å²) in [6, 6.07) is 6.94. The van der Waals surface area contributed by atoms with E-state index in [9.17, 15) is 13.6 Å². The van der Waals surface area contributed by atoms with Gasteiger partial charge in [0, 0.05) is 68.2 Å². The Morgan fingerprint density at radius 3 is 2.80 bits per heavy atom. The lowest BCUT2D eigenvalue weighted by atomic mass is 9.95. The smallest absolute Gasteiger partial charge is 0.319 e. The van der Waals surface area contributed by atoms with E-state index in [2.05, 4.69) is 30.8 Å². The van der Waals surface area contributed by atoms with E-state index in [0.717, 1.165) is 25.5 Å². The molecule has 2 aromatic carbocycles. The zero-order chi connectivity index (χ0) is 37.7. The summed E-state index contributed by atoms with van der Waals surface area (Å²) in [5.41, 5.74) is -0.241. The van der Waals surface area contributed by atoms with Gasteiger partial charge in [-0.25, -0.2) is 17.6 Å². The average molecular weight is 737 g/mol. The maximum Gasteiger partial charge on any atom is 0.319 e. The van der Waals surface area contributed by atoms with Crippen molar-refractivity contribution >= 4 is 39.5 Å². The van der Waals surface area contributed by atoms with Crippen LogP contribution in [0.2, 0.25) is 0 Å². The van der Waals surface area contributed by atoms with Crippen molar-refractivity contribution in [3.05, 3.63) is 83.8 Å². The number of likely N-dealkylation sites (tertiary alicyclic amines) is 1. The first-order chi connectivity index (χ1) is 26.1. The van der Waals surface area contributed by atoms with E-state index in [-0.39, 0.29) is 64.4 Å². The lowest BCUT2D eigenvalue weighted by Gasteiger charge is -2.33. The number of aromatic nitrogens is 5. The molecule has 3 fully saturated rings. The Morgan fingerprint density at radius 1 is 1.15 bits per heavy atom. The van der Waals surface area contributed by atoms with Crippen LogP contribution in [0.25, 0.3) is 39.0 Å². The number of carbonyl (C=O) groups excluding carboxylic acids is 1. The van der Waals surface area contributed by atoms with E-state index in [0.29, 0.717) is 30.2 Å². The van der Waals surface area contributed by atoms with E-state index in [1.165, 1.54) is 35.8 Å².